The highest BCUT2D eigenvalue weighted by atomic mass is 35.5. The molecule has 0 aliphatic carbocycles. The maximum absolute atomic E-state index is 14.8. The largest absolute Gasteiger partial charge is 0.433 e. The molecule has 3 heterocycles. The van der Waals surface area contributed by atoms with Crippen molar-refractivity contribution in [2.24, 2.45) is 0 Å². The fourth-order valence-corrected chi connectivity index (χ4v) is 4.70. The van der Waals surface area contributed by atoms with Gasteiger partial charge in [0.2, 0.25) is 17.9 Å². The van der Waals surface area contributed by atoms with Crippen molar-refractivity contribution >= 4 is 35.4 Å². The van der Waals surface area contributed by atoms with E-state index in [4.69, 9.17) is 25.8 Å². The first-order valence-electron chi connectivity index (χ1n) is 13.3. The first-order chi connectivity index (χ1) is 22.1. The van der Waals surface area contributed by atoms with E-state index in [1.54, 1.807) is 30.3 Å². The minimum atomic E-state index is -1.56. The summed E-state index contributed by atoms with van der Waals surface area (Å²) < 4.78 is 31.2. The molecule has 1 atom stereocenters. The van der Waals surface area contributed by atoms with Crippen LogP contribution in [0.15, 0.2) is 107 Å². The number of hydrogen-bond donors (Lipinski definition) is 0. The Labute approximate surface area is 261 Å². The molecule has 1 unspecified atom stereocenters. The number of halogens is 2. The number of benzene rings is 3. The van der Waals surface area contributed by atoms with Gasteiger partial charge in [0.15, 0.2) is 5.75 Å². The highest BCUT2D eigenvalue weighted by molar-refractivity contribution is 6.32. The van der Waals surface area contributed by atoms with E-state index < -0.39 is 47.1 Å². The van der Waals surface area contributed by atoms with Gasteiger partial charge in [0, 0.05) is 17.2 Å². The summed E-state index contributed by atoms with van der Waals surface area (Å²) in [4.78, 5) is 81.0. The van der Waals surface area contributed by atoms with E-state index in [0.29, 0.717) is 10.8 Å². The number of aromatic nitrogens is 3. The second kappa shape index (κ2) is 12.1. The Hall–Kier alpha value is -6.21. The number of cyclic esters (lactones) is 1. The molecule has 5 aromatic rings. The molecule has 0 fully saturated rings. The normalized spacial score (nSPS) is 13.4. The second-order valence-corrected chi connectivity index (χ2v) is 10.0. The van der Waals surface area contributed by atoms with Gasteiger partial charge < -0.3 is 14.2 Å². The van der Waals surface area contributed by atoms with E-state index in [0.717, 1.165) is 18.3 Å². The third kappa shape index (κ3) is 5.57. The van der Waals surface area contributed by atoms with Crippen LogP contribution in [0.1, 0.15) is 53.2 Å². The molecular formula is C32H17ClFN3O9. The van der Waals surface area contributed by atoms with Crippen LogP contribution in [0.4, 0.5) is 4.39 Å². The Morgan fingerprint density at radius 2 is 1.50 bits per heavy atom. The number of pyridine rings is 1. The van der Waals surface area contributed by atoms with Gasteiger partial charge in [-0.15, -0.1) is 0 Å². The Bertz CT molecular complexity index is 2200. The number of ether oxygens (including phenoxy) is 3. The van der Waals surface area contributed by atoms with Crippen molar-refractivity contribution in [3.05, 3.63) is 157 Å². The summed E-state index contributed by atoms with van der Waals surface area (Å²) in [7, 11) is 0. The third-order valence-corrected chi connectivity index (χ3v) is 7.03. The van der Waals surface area contributed by atoms with Crippen molar-refractivity contribution in [3.8, 4) is 11.6 Å². The van der Waals surface area contributed by atoms with Crippen LogP contribution in [-0.4, -0.2) is 37.9 Å². The summed E-state index contributed by atoms with van der Waals surface area (Å²) in [5, 5.41) is -0.0428. The zero-order valence-electron chi connectivity index (χ0n) is 23.1. The molecular weight excluding hydrogens is 625 g/mol. The van der Waals surface area contributed by atoms with Crippen molar-refractivity contribution in [1.82, 2.24) is 14.1 Å². The van der Waals surface area contributed by atoms with E-state index in [9.17, 15) is 33.2 Å². The van der Waals surface area contributed by atoms with E-state index in [2.05, 4.69) is 4.98 Å². The Morgan fingerprint density at radius 1 is 0.826 bits per heavy atom. The van der Waals surface area contributed by atoms with Gasteiger partial charge >= 0.3 is 23.6 Å². The van der Waals surface area contributed by atoms with Crippen LogP contribution in [0.3, 0.4) is 0 Å². The topological polar surface area (TPSA) is 153 Å². The summed E-state index contributed by atoms with van der Waals surface area (Å²) >= 11 is 6.09. The lowest BCUT2D eigenvalue weighted by molar-refractivity contribution is 0.0303. The average Bonchev–Trinajstić information content (AvgIpc) is 3.40. The van der Waals surface area contributed by atoms with Crippen LogP contribution in [0.25, 0.3) is 0 Å². The highest BCUT2D eigenvalue weighted by Crippen LogP contribution is 2.31. The van der Waals surface area contributed by atoms with Gasteiger partial charge in [-0.05, 0) is 36.4 Å². The predicted octanol–water partition coefficient (Wildman–Crippen LogP) is 4.04. The van der Waals surface area contributed by atoms with Crippen molar-refractivity contribution in [3.63, 3.8) is 0 Å². The quantitative estimate of drug-likeness (QED) is 0.248. The first kappa shape index (κ1) is 29.8. The molecule has 0 spiro atoms. The van der Waals surface area contributed by atoms with Gasteiger partial charge in [-0.25, -0.2) is 24.2 Å². The number of carbonyl (C=O) groups is 4. The second-order valence-electron chi connectivity index (χ2n) is 9.64. The predicted molar refractivity (Wildman–Crippen MR) is 157 cm³/mol. The van der Waals surface area contributed by atoms with Crippen LogP contribution < -0.4 is 20.7 Å². The zero-order valence-corrected chi connectivity index (χ0v) is 23.8. The smallest absolute Gasteiger partial charge is 0.344 e. The Balaban J connectivity index is 1.26. The molecule has 0 radical (unpaired) electrons. The lowest BCUT2D eigenvalue weighted by Crippen LogP contribution is -2.46. The number of carbonyl (C=O) groups excluding carboxylic acids is 4. The minimum absolute atomic E-state index is 0.0304. The summed E-state index contributed by atoms with van der Waals surface area (Å²) in [5.41, 5.74) is -2.81. The van der Waals surface area contributed by atoms with Crippen LogP contribution in [-0.2, 0) is 4.74 Å². The molecule has 0 N–H and O–H groups in total. The molecule has 14 heteroatoms. The Morgan fingerprint density at radius 3 is 2.28 bits per heavy atom. The molecule has 2 aromatic heterocycles. The minimum Gasteiger partial charge on any atom is -0.433 e. The summed E-state index contributed by atoms with van der Waals surface area (Å²) in [6, 6.07) is 20.0. The van der Waals surface area contributed by atoms with Gasteiger partial charge in [0.05, 0.1) is 29.1 Å². The fraction of sp³-hybridized carbons (Fsp3) is 0.0312. The lowest BCUT2D eigenvalue weighted by Gasteiger charge is -2.16. The number of nitrogens with zero attached hydrogens (tertiary/aromatic N) is 3. The summed E-state index contributed by atoms with van der Waals surface area (Å²) in [6.07, 6.45) is 0.210. The molecule has 0 bridgehead atoms. The molecule has 0 amide bonds. The summed E-state index contributed by atoms with van der Waals surface area (Å²) in [6.45, 7) is 0. The SMILES string of the molecule is O=C(Oc1cc(OC(=O)c2ccccc2)c(Cl)cn1)c1cccc(C(=O)n2c(=O)c(F)cn(C3OC(=O)c4ccccc43)c2=O)c1. The zero-order chi connectivity index (χ0) is 32.5. The van der Waals surface area contributed by atoms with Gasteiger partial charge in [0.25, 0.3) is 11.5 Å². The average molecular weight is 642 g/mol. The van der Waals surface area contributed by atoms with Crippen molar-refractivity contribution in [2.45, 2.75) is 6.23 Å². The monoisotopic (exact) mass is 641 g/mol. The lowest BCUT2D eigenvalue weighted by atomic mass is 10.1. The van der Waals surface area contributed by atoms with Crippen LogP contribution in [0, 0.1) is 5.82 Å². The van der Waals surface area contributed by atoms with Crippen LogP contribution in [0.5, 0.6) is 11.6 Å². The van der Waals surface area contributed by atoms with Gasteiger partial charge in [-0.2, -0.15) is 8.96 Å². The van der Waals surface area contributed by atoms with E-state index >= 15 is 0 Å². The molecule has 6 rings (SSSR count). The fourth-order valence-electron chi connectivity index (χ4n) is 4.55. The molecule has 1 aliphatic heterocycles. The van der Waals surface area contributed by atoms with Gasteiger partial charge in [-0.1, -0.05) is 54.1 Å². The first-order valence-corrected chi connectivity index (χ1v) is 13.6. The molecule has 228 valence electrons. The Kier molecular flexibility index (Phi) is 7.82. The number of fused-ring (bicyclic) bond motifs is 1. The molecule has 12 nitrogen and oxygen atoms in total. The van der Waals surface area contributed by atoms with Crippen LogP contribution in [0.2, 0.25) is 5.02 Å². The van der Waals surface area contributed by atoms with E-state index in [1.807, 2.05) is 0 Å². The maximum atomic E-state index is 14.8. The van der Waals surface area contributed by atoms with Crippen molar-refractivity contribution in [1.29, 1.82) is 0 Å². The number of hydrogen-bond acceptors (Lipinski definition) is 10. The molecule has 0 saturated heterocycles. The third-order valence-electron chi connectivity index (χ3n) is 6.74. The molecule has 3 aromatic carbocycles. The van der Waals surface area contributed by atoms with E-state index in [1.165, 1.54) is 42.5 Å². The van der Waals surface area contributed by atoms with Crippen molar-refractivity contribution < 1.29 is 37.8 Å². The number of esters is 3. The molecule has 46 heavy (non-hydrogen) atoms. The highest BCUT2D eigenvalue weighted by Gasteiger charge is 2.34. The van der Waals surface area contributed by atoms with Gasteiger partial charge in [-0.3, -0.25) is 14.2 Å². The van der Waals surface area contributed by atoms with Gasteiger partial charge in [0.1, 0.15) is 5.02 Å². The standard InChI is InChI=1S/C32H17ClFN3O9/c33-22-15-35-25(14-24(22)44-29(40)17-7-2-1-3-8-17)45-30(41)19-10-6-9-18(13-19)26(38)37-27(39)23(34)16-36(32(37)43)28-20-11-4-5-12-21(20)31(42)46-28/h1-16,28H. The summed E-state index contributed by atoms with van der Waals surface area (Å²) in [5.74, 6) is -5.72. The van der Waals surface area contributed by atoms with Crippen LogP contribution >= 0.6 is 11.6 Å². The molecule has 0 saturated carbocycles. The van der Waals surface area contributed by atoms with Crippen molar-refractivity contribution in [2.75, 3.05) is 0 Å². The molecule has 1 aliphatic rings. The van der Waals surface area contributed by atoms with E-state index in [-0.39, 0.29) is 49.0 Å². The number of rotatable bonds is 6. The maximum Gasteiger partial charge on any atom is 0.344 e.